The third-order valence-electron chi connectivity index (χ3n) is 4.91. The maximum atomic E-state index is 9.41. The van der Waals surface area contributed by atoms with E-state index in [4.69, 9.17) is 0 Å². The van der Waals surface area contributed by atoms with E-state index >= 15 is 0 Å². The molecule has 1 fully saturated rings. The van der Waals surface area contributed by atoms with Gasteiger partial charge in [0.15, 0.2) is 5.96 Å². The molecule has 0 radical (unpaired) electrons. The van der Waals surface area contributed by atoms with Crippen molar-refractivity contribution in [1.82, 2.24) is 20.2 Å². The largest absolute Gasteiger partial charge is 0.396 e. The first-order valence-corrected chi connectivity index (χ1v) is 9.22. The second-order valence-corrected chi connectivity index (χ2v) is 6.93. The number of para-hydroxylation sites is 2. The van der Waals surface area contributed by atoms with Crippen LogP contribution in [0.15, 0.2) is 29.3 Å². The molecule has 0 atom stereocenters. The molecule has 0 saturated heterocycles. The molecule has 1 aromatic heterocycles. The Morgan fingerprint density at radius 1 is 1.31 bits per heavy atom. The molecule has 144 valence electrons. The minimum atomic E-state index is 0. The maximum absolute atomic E-state index is 9.41. The molecule has 0 aliphatic heterocycles. The lowest BCUT2D eigenvalue weighted by Gasteiger charge is -2.14. The first-order chi connectivity index (χ1) is 12.2. The van der Waals surface area contributed by atoms with Crippen LogP contribution in [0.5, 0.6) is 0 Å². The lowest BCUT2D eigenvalue weighted by molar-refractivity contribution is 0.217. The number of nitrogens with zero attached hydrogens (tertiary/aromatic N) is 3. The van der Waals surface area contributed by atoms with Crippen LogP contribution < -0.4 is 10.6 Å². The molecule has 0 unspecified atom stereocenters. The second-order valence-electron chi connectivity index (χ2n) is 6.93. The Balaban J connectivity index is 0.00000243. The van der Waals surface area contributed by atoms with Gasteiger partial charge in [0.1, 0.15) is 5.82 Å². The minimum absolute atomic E-state index is 0. The van der Waals surface area contributed by atoms with Gasteiger partial charge in [-0.15, -0.1) is 24.0 Å². The van der Waals surface area contributed by atoms with E-state index in [1.54, 1.807) is 0 Å². The van der Waals surface area contributed by atoms with Crippen molar-refractivity contribution in [3.8, 4) is 0 Å². The van der Waals surface area contributed by atoms with Crippen LogP contribution in [0, 0.1) is 12.3 Å². The molecule has 7 heteroatoms. The highest BCUT2D eigenvalue weighted by Gasteiger charge is 2.41. The van der Waals surface area contributed by atoms with Crippen molar-refractivity contribution in [3.05, 3.63) is 30.1 Å². The lowest BCUT2D eigenvalue weighted by Crippen LogP contribution is -2.38. The Morgan fingerprint density at radius 3 is 2.77 bits per heavy atom. The Bertz CT molecular complexity index is 739. The third kappa shape index (κ3) is 5.09. The summed E-state index contributed by atoms with van der Waals surface area (Å²) in [6.07, 6.45) is 3.16. The lowest BCUT2D eigenvalue weighted by atomic mass is 10.1. The Morgan fingerprint density at radius 2 is 2.08 bits per heavy atom. The predicted octanol–water partition coefficient (Wildman–Crippen LogP) is 2.68. The van der Waals surface area contributed by atoms with Gasteiger partial charge in [0.2, 0.25) is 0 Å². The molecule has 1 saturated carbocycles. The zero-order chi connectivity index (χ0) is 17.7. The molecule has 1 aliphatic carbocycles. The van der Waals surface area contributed by atoms with Crippen LogP contribution in [-0.2, 0) is 6.54 Å². The average Bonchev–Trinajstić information content (AvgIpc) is 3.34. The predicted molar refractivity (Wildman–Crippen MR) is 117 cm³/mol. The quantitative estimate of drug-likeness (QED) is 0.240. The minimum Gasteiger partial charge on any atom is -0.396 e. The maximum Gasteiger partial charge on any atom is 0.191 e. The van der Waals surface area contributed by atoms with Crippen molar-refractivity contribution in [2.45, 2.75) is 39.7 Å². The van der Waals surface area contributed by atoms with Gasteiger partial charge in [-0.1, -0.05) is 12.1 Å². The van der Waals surface area contributed by atoms with E-state index in [9.17, 15) is 5.11 Å². The SMILES string of the molecule is CCNC(=NCC1(CO)CC1)NCCCn1c(C)nc2ccccc21.I. The van der Waals surface area contributed by atoms with E-state index in [0.29, 0.717) is 6.54 Å². The van der Waals surface area contributed by atoms with Crippen LogP contribution in [0.2, 0.25) is 0 Å². The number of aryl methyl sites for hydroxylation is 2. The van der Waals surface area contributed by atoms with Gasteiger partial charge >= 0.3 is 0 Å². The van der Waals surface area contributed by atoms with Crippen molar-refractivity contribution in [1.29, 1.82) is 0 Å². The van der Waals surface area contributed by atoms with E-state index in [1.807, 2.05) is 6.07 Å². The van der Waals surface area contributed by atoms with Gasteiger partial charge in [-0.05, 0) is 45.2 Å². The van der Waals surface area contributed by atoms with E-state index in [-0.39, 0.29) is 36.0 Å². The van der Waals surface area contributed by atoms with Crippen LogP contribution in [-0.4, -0.2) is 46.9 Å². The topological polar surface area (TPSA) is 74.5 Å². The van der Waals surface area contributed by atoms with Gasteiger partial charge in [-0.2, -0.15) is 0 Å². The first kappa shape index (κ1) is 21.0. The molecular weight excluding hydrogens is 441 g/mol. The van der Waals surface area contributed by atoms with Gasteiger partial charge < -0.3 is 20.3 Å². The molecule has 6 nitrogen and oxygen atoms in total. The molecule has 3 N–H and O–H groups in total. The summed E-state index contributed by atoms with van der Waals surface area (Å²) in [5, 5.41) is 16.1. The average molecular weight is 471 g/mol. The molecule has 0 spiro atoms. The summed E-state index contributed by atoms with van der Waals surface area (Å²) >= 11 is 0. The van der Waals surface area contributed by atoms with E-state index in [1.165, 1.54) is 5.52 Å². The number of rotatable bonds is 8. The van der Waals surface area contributed by atoms with E-state index < -0.39 is 0 Å². The Labute approximate surface area is 172 Å². The normalized spacial score (nSPS) is 15.6. The van der Waals surface area contributed by atoms with Crippen LogP contribution >= 0.6 is 24.0 Å². The number of fused-ring (bicyclic) bond motifs is 1. The fourth-order valence-corrected chi connectivity index (χ4v) is 3.05. The van der Waals surface area contributed by atoms with Crippen LogP contribution in [0.4, 0.5) is 0 Å². The molecule has 1 aliphatic rings. The van der Waals surface area contributed by atoms with Crippen molar-refractivity contribution in [3.63, 3.8) is 0 Å². The molecule has 26 heavy (non-hydrogen) atoms. The molecule has 1 heterocycles. The number of aliphatic hydroxyl groups is 1. The summed E-state index contributed by atoms with van der Waals surface area (Å²) in [7, 11) is 0. The highest BCUT2D eigenvalue weighted by atomic mass is 127. The Kier molecular flexibility index (Phi) is 7.69. The van der Waals surface area contributed by atoms with Crippen molar-refractivity contribution in [2.75, 3.05) is 26.2 Å². The molecule has 0 amide bonds. The summed E-state index contributed by atoms with van der Waals surface area (Å²) in [4.78, 5) is 9.25. The van der Waals surface area contributed by atoms with Crippen LogP contribution in [0.1, 0.15) is 32.0 Å². The second kappa shape index (κ2) is 9.55. The number of benzene rings is 1. The highest BCUT2D eigenvalue weighted by molar-refractivity contribution is 14.0. The molecule has 3 rings (SSSR count). The summed E-state index contributed by atoms with van der Waals surface area (Å²) in [5.41, 5.74) is 2.30. The summed E-state index contributed by atoms with van der Waals surface area (Å²) in [5.74, 6) is 1.90. The molecule has 0 bridgehead atoms. The number of guanidine groups is 1. The highest BCUT2D eigenvalue weighted by Crippen LogP contribution is 2.45. The number of aliphatic imine (C=N–C) groups is 1. The van der Waals surface area contributed by atoms with Gasteiger partial charge in [0.25, 0.3) is 0 Å². The summed E-state index contributed by atoms with van der Waals surface area (Å²) in [6.45, 7) is 7.68. The van der Waals surface area contributed by atoms with Gasteiger partial charge in [-0.3, -0.25) is 4.99 Å². The number of aromatic nitrogens is 2. The smallest absolute Gasteiger partial charge is 0.191 e. The third-order valence-corrected chi connectivity index (χ3v) is 4.91. The molecule has 1 aromatic carbocycles. The molecule has 2 aromatic rings. The number of halogens is 1. The van der Waals surface area contributed by atoms with E-state index in [2.05, 4.69) is 57.2 Å². The Hall–Kier alpha value is -1.35. The van der Waals surface area contributed by atoms with Crippen LogP contribution in [0.25, 0.3) is 11.0 Å². The van der Waals surface area contributed by atoms with E-state index in [0.717, 1.165) is 56.2 Å². The number of aliphatic hydroxyl groups excluding tert-OH is 1. The van der Waals surface area contributed by atoms with Crippen molar-refractivity contribution < 1.29 is 5.11 Å². The number of imidazole rings is 1. The fourth-order valence-electron chi connectivity index (χ4n) is 3.05. The fraction of sp³-hybridized carbons (Fsp3) is 0.579. The zero-order valence-electron chi connectivity index (χ0n) is 15.7. The van der Waals surface area contributed by atoms with Crippen LogP contribution in [0.3, 0.4) is 0 Å². The number of hydrogen-bond acceptors (Lipinski definition) is 3. The van der Waals surface area contributed by atoms with Crippen molar-refractivity contribution in [2.24, 2.45) is 10.4 Å². The summed E-state index contributed by atoms with van der Waals surface area (Å²) < 4.78 is 2.27. The molecular formula is C19H30IN5O. The van der Waals surface area contributed by atoms with Gasteiger partial charge in [-0.25, -0.2) is 4.98 Å². The number of hydrogen-bond donors (Lipinski definition) is 3. The van der Waals surface area contributed by atoms with Gasteiger partial charge in [0, 0.05) is 25.0 Å². The first-order valence-electron chi connectivity index (χ1n) is 9.22. The van der Waals surface area contributed by atoms with Crippen molar-refractivity contribution >= 4 is 41.0 Å². The monoisotopic (exact) mass is 471 g/mol. The zero-order valence-corrected chi connectivity index (χ0v) is 18.0. The van der Waals surface area contributed by atoms with Gasteiger partial charge in [0.05, 0.1) is 24.2 Å². The standard InChI is InChI=1S/C19H29N5O.HI/c1-3-20-18(22-13-19(14-25)9-10-19)21-11-6-12-24-15(2)23-16-7-4-5-8-17(16)24;/h4-5,7-8,25H,3,6,9-14H2,1-2H3,(H2,20,21,22);1H. The number of nitrogens with one attached hydrogen (secondary N) is 2. The summed E-state index contributed by atoms with van der Waals surface area (Å²) in [6, 6.07) is 8.27.